The molecule has 0 saturated carbocycles. The second-order valence-corrected chi connectivity index (χ2v) is 4.23. The molecule has 4 heteroatoms. The van der Waals surface area contributed by atoms with E-state index >= 15 is 0 Å². The van der Waals surface area contributed by atoms with E-state index in [-0.39, 0.29) is 0 Å². The van der Waals surface area contributed by atoms with Gasteiger partial charge in [0, 0.05) is 13.2 Å². The van der Waals surface area contributed by atoms with E-state index in [1.54, 1.807) is 0 Å². The Morgan fingerprint density at radius 3 is 2.87 bits per heavy atom. The predicted molar refractivity (Wildman–Crippen MR) is 64.6 cm³/mol. The van der Waals surface area contributed by atoms with Gasteiger partial charge in [0.25, 0.3) is 0 Å². The van der Waals surface area contributed by atoms with Crippen molar-refractivity contribution in [3.05, 3.63) is 28.5 Å². The van der Waals surface area contributed by atoms with Crippen molar-refractivity contribution in [1.82, 2.24) is 10.3 Å². The maximum atomic E-state index is 8.60. The van der Waals surface area contributed by atoms with Gasteiger partial charge in [-0.3, -0.25) is 0 Å². The van der Waals surface area contributed by atoms with Crippen LogP contribution >= 0.6 is 15.9 Å². The smallest absolute Gasteiger partial charge is 0.106 e. The van der Waals surface area contributed by atoms with Crippen LogP contribution in [0.1, 0.15) is 25.0 Å². The molecular formula is C11H17BrN2O. The van der Waals surface area contributed by atoms with Crippen molar-refractivity contribution in [2.45, 2.75) is 25.8 Å². The molecule has 0 aliphatic carbocycles. The van der Waals surface area contributed by atoms with E-state index < -0.39 is 0 Å². The minimum absolute atomic E-state index is 0.299. The van der Waals surface area contributed by atoms with Crippen LogP contribution in [0.3, 0.4) is 0 Å². The highest BCUT2D eigenvalue weighted by Gasteiger charge is 1.94. The van der Waals surface area contributed by atoms with Crippen LogP contribution < -0.4 is 5.32 Å². The molecule has 2 N–H and O–H groups in total. The van der Waals surface area contributed by atoms with Crippen LogP contribution in [0.4, 0.5) is 0 Å². The Bertz CT molecular complexity index is 281. The molecule has 84 valence electrons. The molecule has 0 unspecified atom stereocenters. The molecule has 1 aromatic heterocycles. The van der Waals surface area contributed by atoms with Gasteiger partial charge >= 0.3 is 0 Å². The third-order valence-electron chi connectivity index (χ3n) is 2.09. The summed E-state index contributed by atoms with van der Waals surface area (Å²) in [7, 11) is 0. The van der Waals surface area contributed by atoms with Crippen LogP contribution in [0.15, 0.2) is 22.8 Å². The van der Waals surface area contributed by atoms with Crippen molar-refractivity contribution in [3.8, 4) is 0 Å². The first-order valence-corrected chi connectivity index (χ1v) is 6.05. The molecule has 0 radical (unpaired) electrons. The maximum Gasteiger partial charge on any atom is 0.106 e. The molecule has 3 nitrogen and oxygen atoms in total. The fourth-order valence-electron chi connectivity index (χ4n) is 1.30. The summed E-state index contributed by atoms with van der Waals surface area (Å²) in [4.78, 5) is 4.32. The van der Waals surface area contributed by atoms with Crippen molar-refractivity contribution in [3.63, 3.8) is 0 Å². The average Bonchev–Trinajstić information content (AvgIpc) is 2.23. The standard InChI is InChI=1S/C11H17BrN2O/c12-11-6-4-5-10(14-11)9-13-7-2-1-3-8-15/h4-6,13,15H,1-3,7-9H2. The van der Waals surface area contributed by atoms with E-state index in [2.05, 4.69) is 26.2 Å². The summed E-state index contributed by atoms with van der Waals surface area (Å²) in [5.41, 5.74) is 1.05. The van der Waals surface area contributed by atoms with Gasteiger partial charge in [-0.25, -0.2) is 4.98 Å². The van der Waals surface area contributed by atoms with E-state index in [1.165, 1.54) is 0 Å². The summed E-state index contributed by atoms with van der Waals surface area (Å²) < 4.78 is 0.877. The number of hydrogen-bond acceptors (Lipinski definition) is 3. The van der Waals surface area contributed by atoms with Crippen molar-refractivity contribution in [1.29, 1.82) is 0 Å². The first-order valence-electron chi connectivity index (χ1n) is 5.26. The number of unbranched alkanes of at least 4 members (excludes halogenated alkanes) is 2. The van der Waals surface area contributed by atoms with Crippen molar-refractivity contribution in [2.24, 2.45) is 0 Å². The van der Waals surface area contributed by atoms with Crippen LogP contribution in [0, 0.1) is 0 Å². The van der Waals surface area contributed by atoms with Crippen LogP contribution in [0.5, 0.6) is 0 Å². The van der Waals surface area contributed by atoms with Gasteiger partial charge in [-0.15, -0.1) is 0 Å². The quantitative estimate of drug-likeness (QED) is 0.590. The summed E-state index contributed by atoms with van der Waals surface area (Å²) in [6.45, 7) is 2.08. The number of nitrogens with zero attached hydrogens (tertiary/aromatic N) is 1. The Morgan fingerprint density at radius 2 is 2.13 bits per heavy atom. The molecule has 0 fully saturated rings. The monoisotopic (exact) mass is 272 g/mol. The molecule has 0 aliphatic rings. The molecule has 0 aromatic carbocycles. The summed E-state index contributed by atoms with van der Waals surface area (Å²) in [6.07, 6.45) is 3.08. The molecular weight excluding hydrogens is 256 g/mol. The topological polar surface area (TPSA) is 45.1 Å². The van der Waals surface area contributed by atoms with Gasteiger partial charge < -0.3 is 10.4 Å². The number of nitrogens with one attached hydrogen (secondary N) is 1. The van der Waals surface area contributed by atoms with Gasteiger partial charge in [-0.05, 0) is 53.9 Å². The van der Waals surface area contributed by atoms with Crippen molar-refractivity contribution >= 4 is 15.9 Å². The van der Waals surface area contributed by atoms with Crippen LogP contribution in [0.25, 0.3) is 0 Å². The first-order chi connectivity index (χ1) is 7.33. The highest BCUT2D eigenvalue weighted by molar-refractivity contribution is 9.10. The number of rotatable bonds is 7. The summed E-state index contributed by atoms with van der Waals surface area (Å²) in [6, 6.07) is 5.91. The number of aromatic nitrogens is 1. The van der Waals surface area contributed by atoms with Gasteiger partial charge in [-0.1, -0.05) is 6.07 Å². The Kier molecular flexibility index (Phi) is 6.55. The lowest BCUT2D eigenvalue weighted by Crippen LogP contribution is -2.15. The van der Waals surface area contributed by atoms with Crippen molar-refractivity contribution in [2.75, 3.05) is 13.2 Å². The number of halogens is 1. The number of aliphatic hydroxyl groups is 1. The van der Waals surface area contributed by atoms with E-state index in [9.17, 15) is 0 Å². The summed E-state index contributed by atoms with van der Waals surface area (Å²) >= 11 is 3.34. The normalized spacial score (nSPS) is 10.5. The van der Waals surface area contributed by atoms with E-state index in [0.29, 0.717) is 6.61 Å². The second-order valence-electron chi connectivity index (χ2n) is 3.41. The lowest BCUT2D eigenvalue weighted by Gasteiger charge is -2.04. The van der Waals surface area contributed by atoms with Crippen LogP contribution in [0.2, 0.25) is 0 Å². The molecule has 0 aliphatic heterocycles. The number of pyridine rings is 1. The van der Waals surface area contributed by atoms with E-state index in [0.717, 1.165) is 42.6 Å². The van der Waals surface area contributed by atoms with Gasteiger partial charge in [-0.2, -0.15) is 0 Å². The molecule has 0 bridgehead atoms. The molecule has 1 rings (SSSR count). The van der Waals surface area contributed by atoms with Gasteiger partial charge in [0.2, 0.25) is 0 Å². The summed E-state index contributed by atoms with van der Waals surface area (Å²) in [5, 5.41) is 11.9. The van der Waals surface area contributed by atoms with Crippen LogP contribution in [-0.4, -0.2) is 23.2 Å². The summed E-state index contributed by atoms with van der Waals surface area (Å²) in [5.74, 6) is 0. The maximum absolute atomic E-state index is 8.60. The molecule has 15 heavy (non-hydrogen) atoms. The highest BCUT2D eigenvalue weighted by Crippen LogP contribution is 2.05. The van der Waals surface area contributed by atoms with E-state index in [1.807, 2.05) is 18.2 Å². The van der Waals surface area contributed by atoms with E-state index in [4.69, 9.17) is 5.11 Å². The van der Waals surface area contributed by atoms with Crippen LogP contribution in [-0.2, 0) is 6.54 Å². The third-order valence-corrected chi connectivity index (χ3v) is 2.53. The minimum atomic E-state index is 0.299. The molecule has 0 spiro atoms. The molecule has 1 aromatic rings. The molecule has 1 heterocycles. The fourth-order valence-corrected chi connectivity index (χ4v) is 1.68. The Hall–Kier alpha value is -0.450. The molecule has 0 atom stereocenters. The predicted octanol–water partition coefficient (Wildman–Crippen LogP) is 2.10. The largest absolute Gasteiger partial charge is 0.396 e. The third kappa shape index (κ3) is 5.87. The Balaban J connectivity index is 2.10. The number of hydrogen-bond donors (Lipinski definition) is 2. The highest BCUT2D eigenvalue weighted by atomic mass is 79.9. The minimum Gasteiger partial charge on any atom is -0.396 e. The first kappa shape index (κ1) is 12.6. The molecule has 0 saturated heterocycles. The van der Waals surface area contributed by atoms with Gasteiger partial charge in [0.1, 0.15) is 4.60 Å². The number of aliphatic hydroxyl groups excluding tert-OH is 1. The lowest BCUT2D eigenvalue weighted by atomic mass is 10.2. The van der Waals surface area contributed by atoms with Crippen molar-refractivity contribution < 1.29 is 5.11 Å². The lowest BCUT2D eigenvalue weighted by molar-refractivity contribution is 0.283. The Morgan fingerprint density at radius 1 is 1.27 bits per heavy atom. The SMILES string of the molecule is OCCCCCNCc1cccc(Br)n1. The Labute approximate surface area is 99.1 Å². The average molecular weight is 273 g/mol. The van der Waals surface area contributed by atoms with Gasteiger partial charge in [0.05, 0.1) is 5.69 Å². The zero-order chi connectivity index (χ0) is 10.9. The second kappa shape index (κ2) is 7.79. The zero-order valence-electron chi connectivity index (χ0n) is 8.75. The van der Waals surface area contributed by atoms with Gasteiger partial charge in [0.15, 0.2) is 0 Å². The zero-order valence-corrected chi connectivity index (χ0v) is 10.3. The fraction of sp³-hybridized carbons (Fsp3) is 0.545. The molecule has 0 amide bonds.